The van der Waals surface area contributed by atoms with Crippen LogP contribution in [0, 0.1) is 0 Å². The second kappa shape index (κ2) is 10.0. The van der Waals surface area contributed by atoms with Crippen molar-refractivity contribution < 1.29 is 15.0 Å². The van der Waals surface area contributed by atoms with Gasteiger partial charge < -0.3 is 21.7 Å². The SMILES string of the molecule is Cl.Cl.NC[C@@H](O)CC[C@H](N)C(=O)O. The monoisotopic (exact) mass is 234 g/mol. The molecule has 0 unspecified atom stereocenters. The Kier molecular flexibility index (Phi) is 14.4. The molecule has 0 saturated heterocycles. The molecule has 0 aromatic carbocycles. The van der Waals surface area contributed by atoms with Crippen LogP contribution in [0.4, 0.5) is 0 Å². The normalized spacial score (nSPS) is 13.5. The highest BCUT2D eigenvalue weighted by Crippen LogP contribution is 1.98. The minimum atomic E-state index is -1.05. The maximum Gasteiger partial charge on any atom is 0.320 e. The summed E-state index contributed by atoms with van der Waals surface area (Å²) in [6, 6.07) is -0.892. The van der Waals surface area contributed by atoms with Crippen LogP contribution >= 0.6 is 24.8 Å². The van der Waals surface area contributed by atoms with E-state index in [1.54, 1.807) is 0 Å². The molecule has 0 aliphatic carbocycles. The van der Waals surface area contributed by atoms with Crippen LogP contribution in [0.3, 0.4) is 0 Å². The molecule has 2 atom stereocenters. The van der Waals surface area contributed by atoms with Crippen LogP contribution in [0.2, 0.25) is 0 Å². The Morgan fingerprint density at radius 1 is 1.31 bits per heavy atom. The Labute approximate surface area is 89.3 Å². The van der Waals surface area contributed by atoms with Gasteiger partial charge in [-0.1, -0.05) is 0 Å². The number of hydrogen-bond acceptors (Lipinski definition) is 4. The van der Waals surface area contributed by atoms with Gasteiger partial charge in [0.15, 0.2) is 0 Å². The third-order valence-electron chi connectivity index (χ3n) is 1.40. The molecule has 0 saturated carbocycles. The van der Waals surface area contributed by atoms with E-state index in [4.69, 9.17) is 21.7 Å². The molecule has 0 bridgehead atoms. The predicted molar refractivity (Wildman–Crippen MR) is 54.4 cm³/mol. The van der Waals surface area contributed by atoms with Crippen LogP contribution in [0.15, 0.2) is 0 Å². The topological polar surface area (TPSA) is 110 Å². The molecule has 0 rings (SSSR count). The standard InChI is InChI=1S/C6H14N2O3.2ClH/c7-3-4(9)1-2-5(8)6(10)11;;/h4-5,9H,1-3,7-8H2,(H,10,11);2*1H/t4-,5-;;/m0../s1. The van der Waals surface area contributed by atoms with Crippen LogP contribution in [-0.4, -0.2) is 34.9 Å². The van der Waals surface area contributed by atoms with Crippen LogP contribution in [0.5, 0.6) is 0 Å². The molecule has 7 heteroatoms. The molecule has 5 nitrogen and oxygen atoms in total. The Morgan fingerprint density at radius 2 is 1.77 bits per heavy atom. The zero-order chi connectivity index (χ0) is 8.85. The number of halogens is 2. The summed E-state index contributed by atoms with van der Waals surface area (Å²) in [7, 11) is 0. The molecule has 0 fully saturated rings. The molecule has 6 N–H and O–H groups in total. The van der Waals surface area contributed by atoms with E-state index < -0.39 is 18.1 Å². The minimum Gasteiger partial charge on any atom is -0.480 e. The number of aliphatic hydroxyl groups is 1. The number of rotatable bonds is 5. The van der Waals surface area contributed by atoms with Gasteiger partial charge in [0.2, 0.25) is 0 Å². The van der Waals surface area contributed by atoms with Crippen molar-refractivity contribution in [3.63, 3.8) is 0 Å². The number of aliphatic carboxylic acids is 1. The summed E-state index contributed by atoms with van der Waals surface area (Å²) in [5.74, 6) is -1.05. The summed E-state index contributed by atoms with van der Waals surface area (Å²) in [5.41, 5.74) is 10.3. The number of aliphatic hydroxyl groups excluding tert-OH is 1. The largest absolute Gasteiger partial charge is 0.480 e. The van der Waals surface area contributed by atoms with Gasteiger partial charge in [0.25, 0.3) is 0 Å². The molecule has 0 aromatic heterocycles. The average molecular weight is 235 g/mol. The predicted octanol–water partition coefficient (Wildman–Crippen LogP) is -0.658. The maximum absolute atomic E-state index is 10.2. The summed E-state index contributed by atoms with van der Waals surface area (Å²) < 4.78 is 0. The molecular formula is C6H16Cl2N2O3. The first-order valence-corrected chi connectivity index (χ1v) is 3.44. The first-order chi connectivity index (χ1) is 5.07. The molecule has 13 heavy (non-hydrogen) atoms. The first-order valence-electron chi connectivity index (χ1n) is 3.44. The van der Waals surface area contributed by atoms with Crippen LogP contribution in [0.1, 0.15) is 12.8 Å². The quantitative estimate of drug-likeness (QED) is 0.505. The van der Waals surface area contributed by atoms with E-state index in [1.165, 1.54) is 0 Å². The molecular weight excluding hydrogens is 219 g/mol. The van der Waals surface area contributed by atoms with Gasteiger partial charge in [0, 0.05) is 6.54 Å². The molecule has 82 valence electrons. The second-order valence-electron chi connectivity index (χ2n) is 2.41. The third-order valence-corrected chi connectivity index (χ3v) is 1.40. The number of carboxylic acids is 1. The van der Waals surface area contributed by atoms with Gasteiger partial charge in [-0.25, -0.2) is 0 Å². The van der Waals surface area contributed by atoms with Gasteiger partial charge in [0.1, 0.15) is 6.04 Å². The van der Waals surface area contributed by atoms with Gasteiger partial charge in [-0.05, 0) is 12.8 Å². The lowest BCUT2D eigenvalue weighted by atomic mass is 10.1. The summed E-state index contributed by atoms with van der Waals surface area (Å²) in [6.45, 7) is 0.145. The molecule has 0 radical (unpaired) electrons. The molecule has 0 aliphatic rings. The lowest BCUT2D eigenvalue weighted by Gasteiger charge is -2.09. The smallest absolute Gasteiger partial charge is 0.320 e. The van der Waals surface area contributed by atoms with Crippen LogP contribution < -0.4 is 11.5 Å². The average Bonchev–Trinajstić information content (AvgIpc) is 1.99. The highest BCUT2D eigenvalue weighted by Gasteiger charge is 2.12. The zero-order valence-corrected chi connectivity index (χ0v) is 8.68. The molecule has 0 heterocycles. The van der Waals surface area contributed by atoms with E-state index >= 15 is 0 Å². The van der Waals surface area contributed by atoms with Crippen molar-refractivity contribution in [2.75, 3.05) is 6.54 Å². The fraction of sp³-hybridized carbons (Fsp3) is 0.833. The molecule has 0 amide bonds. The summed E-state index contributed by atoms with van der Waals surface area (Å²) in [4.78, 5) is 10.2. The Morgan fingerprint density at radius 3 is 2.08 bits per heavy atom. The lowest BCUT2D eigenvalue weighted by Crippen LogP contribution is -2.32. The fourth-order valence-corrected chi connectivity index (χ4v) is 0.613. The van der Waals surface area contributed by atoms with Crippen molar-refractivity contribution in [2.45, 2.75) is 25.0 Å². The summed E-state index contributed by atoms with van der Waals surface area (Å²) >= 11 is 0. The van der Waals surface area contributed by atoms with Crippen molar-refractivity contribution in [1.82, 2.24) is 0 Å². The highest BCUT2D eigenvalue weighted by atomic mass is 35.5. The second-order valence-corrected chi connectivity index (χ2v) is 2.41. The number of hydrogen-bond donors (Lipinski definition) is 4. The Balaban J connectivity index is -0.000000500. The third kappa shape index (κ3) is 9.85. The van der Waals surface area contributed by atoms with Crippen LogP contribution in [-0.2, 0) is 4.79 Å². The number of nitrogens with two attached hydrogens (primary N) is 2. The molecule has 0 aromatic rings. The zero-order valence-electron chi connectivity index (χ0n) is 7.05. The number of carbonyl (C=O) groups is 1. The van der Waals surface area contributed by atoms with Gasteiger partial charge in [-0.2, -0.15) is 0 Å². The Hall–Kier alpha value is -0.0700. The van der Waals surface area contributed by atoms with Crippen molar-refractivity contribution in [1.29, 1.82) is 0 Å². The van der Waals surface area contributed by atoms with E-state index in [1.807, 2.05) is 0 Å². The van der Waals surface area contributed by atoms with Gasteiger partial charge in [-0.3, -0.25) is 4.79 Å². The maximum atomic E-state index is 10.2. The first kappa shape index (κ1) is 18.7. The van der Waals surface area contributed by atoms with E-state index in [9.17, 15) is 4.79 Å². The summed E-state index contributed by atoms with van der Waals surface area (Å²) in [6.07, 6.45) is -0.0436. The van der Waals surface area contributed by atoms with Crippen molar-refractivity contribution in [2.24, 2.45) is 11.5 Å². The lowest BCUT2D eigenvalue weighted by molar-refractivity contribution is -0.138. The van der Waals surface area contributed by atoms with Gasteiger partial charge in [0.05, 0.1) is 6.10 Å². The summed E-state index contributed by atoms with van der Waals surface area (Å²) in [5, 5.41) is 17.2. The molecule has 0 aliphatic heterocycles. The fourth-order valence-electron chi connectivity index (χ4n) is 0.613. The van der Waals surface area contributed by atoms with Crippen molar-refractivity contribution >= 4 is 30.8 Å². The van der Waals surface area contributed by atoms with Gasteiger partial charge >= 0.3 is 5.97 Å². The van der Waals surface area contributed by atoms with Crippen LogP contribution in [0.25, 0.3) is 0 Å². The van der Waals surface area contributed by atoms with E-state index in [0.717, 1.165) is 0 Å². The van der Waals surface area contributed by atoms with Crippen molar-refractivity contribution in [3.8, 4) is 0 Å². The van der Waals surface area contributed by atoms with Gasteiger partial charge in [-0.15, -0.1) is 24.8 Å². The Bertz CT molecular complexity index is 137. The highest BCUT2D eigenvalue weighted by molar-refractivity contribution is 5.85. The minimum absolute atomic E-state index is 0. The number of carboxylic acid groups (broad SMARTS) is 1. The molecule has 0 spiro atoms. The van der Waals surface area contributed by atoms with E-state index in [-0.39, 0.29) is 37.8 Å². The van der Waals surface area contributed by atoms with Crippen molar-refractivity contribution in [3.05, 3.63) is 0 Å². The van der Waals surface area contributed by atoms with E-state index in [2.05, 4.69) is 0 Å². The van der Waals surface area contributed by atoms with E-state index in [0.29, 0.717) is 6.42 Å².